The smallest absolute Gasteiger partial charge is 0.243 e. The van der Waals surface area contributed by atoms with Crippen molar-refractivity contribution in [1.82, 2.24) is 4.31 Å². The Morgan fingerprint density at radius 3 is 2.56 bits per heavy atom. The van der Waals surface area contributed by atoms with E-state index >= 15 is 0 Å². The van der Waals surface area contributed by atoms with Gasteiger partial charge in [-0.1, -0.05) is 18.2 Å². The van der Waals surface area contributed by atoms with Crippen LogP contribution in [0.2, 0.25) is 0 Å². The minimum atomic E-state index is -3.33. The van der Waals surface area contributed by atoms with E-state index in [2.05, 4.69) is 0 Å². The Labute approximate surface area is 95.9 Å². The zero-order chi connectivity index (χ0) is 11.6. The molecular formula is C11H15NO3S. The fourth-order valence-corrected chi connectivity index (χ4v) is 3.36. The summed E-state index contributed by atoms with van der Waals surface area (Å²) in [5.41, 5.74) is 0. The lowest BCUT2D eigenvalue weighted by molar-refractivity contribution is 0.115. The van der Waals surface area contributed by atoms with Gasteiger partial charge in [0.25, 0.3) is 0 Å². The highest BCUT2D eigenvalue weighted by Crippen LogP contribution is 2.21. The molecule has 0 saturated carbocycles. The Morgan fingerprint density at radius 1 is 1.31 bits per heavy atom. The van der Waals surface area contributed by atoms with Gasteiger partial charge in [0.15, 0.2) is 0 Å². The van der Waals surface area contributed by atoms with Gasteiger partial charge in [-0.2, -0.15) is 4.31 Å². The molecule has 1 atom stereocenters. The summed E-state index contributed by atoms with van der Waals surface area (Å²) in [4.78, 5) is 0.353. The average molecular weight is 241 g/mol. The molecule has 1 aliphatic rings. The van der Waals surface area contributed by atoms with Crippen molar-refractivity contribution >= 4 is 10.0 Å². The van der Waals surface area contributed by atoms with Crippen molar-refractivity contribution in [2.45, 2.75) is 17.4 Å². The third-order valence-corrected chi connectivity index (χ3v) is 4.70. The van der Waals surface area contributed by atoms with Crippen molar-refractivity contribution in [3.8, 4) is 0 Å². The predicted octanol–water partition coefficient (Wildman–Crippen LogP) is 1.10. The Balaban J connectivity index is 2.21. The molecule has 0 amide bonds. The molecule has 5 heteroatoms. The first-order chi connectivity index (χ1) is 7.64. The van der Waals surface area contributed by atoms with E-state index in [4.69, 9.17) is 4.74 Å². The molecule has 1 aromatic carbocycles. The van der Waals surface area contributed by atoms with Gasteiger partial charge in [-0.15, -0.1) is 0 Å². The van der Waals surface area contributed by atoms with E-state index in [1.54, 1.807) is 37.4 Å². The third kappa shape index (κ3) is 2.11. The minimum absolute atomic E-state index is 0.0264. The van der Waals surface area contributed by atoms with Gasteiger partial charge < -0.3 is 4.74 Å². The monoisotopic (exact) mass is 241 g/mol. The zero-order valence-electron chi connectivity index (χ0n) is 9.17. The number of nitrogens with zero attached hydrogens (tertiary/aromatic N) is 1. The lowest BCUT2D eigenvalue weighted by Crippen LogP contribution is -2.30. The lowest BCUT2D eigenvalue weighted by Gasteiger charge is -2.16. The normalized spacial score (nSPS) is 22.4. The van der Waals surface area contributed by atoms with Gasteiger partial charge in [0.2, 0.25) is 10.0 Å². The van der Waals surface area contributed by atoms with Crippen LogP contribution >= 0.6 is 0 Å². The number of benzene rings is 1. The molecule has 0 spiro atoms. The summed E-state index contributed by atoms with van der Waals surface area (Å²) < 4.78 is 31.0. The second-order valence-corrected chi connectivity index (χ2v) is 5.76. The Morgan fingerprint density at radius 2 is 2.00 bits per heavy atom. The molecule has 0 radical (unpaired) electrons. The van der Waals surface area contributed by atoms with Crippen LogP contribution in [0.3, 0.4) is 0 Å². The SMILES string of the molecule is COC1CCN(S(=O)(=O)c2ccccc2)C1. The average Bonchev–Trinajstić information content (AvgIpc) is 2.79. The summed E-state index contributed by atoms with van der Waals surface area (Å²) in [5.74, 6) is 0. The molecule has 0 aliphatic carbocycles. The first kappa shape index (κ1) is 11.6. The largest absolute Gasteiger partial charge is 0.380 e. The molecule has 0 N–H and O–H groups in total. The van der Waals surface area contributed by atoms with Crippen molar-refractivity contribution in [2.75, 3.05) is 20.2 Å². The Bertz CT molecular complexity index is 444. The summed E-state index contributed by atoms with van der Waals surface area (Å²) >= 11 is 0. The summed E-state index contributed by atoms with van der Waals surface area (Å²) in [6.45, 7) is 0.990. The quantitative estimate of drug-likeness (QED) is 0.796. The molecule has 1 aliphatic heterocycles. The maximum Gasteiger partial charge on any atom is 0.243 e. The molecule has 1 aromatic rings. The van der Waals surface area contributed by atoms with Crippen molar-refractivity contribution in [3.05, 3.63) is 30.3 Å². The highest BCUT2D eigenvalue weighted by atomic mass is 32.2. The standard InChI is InChI=1S/C11H15NO3S/c1-15-10-7-8-12(9-10)16(13,14)11-5-3-2-4-6-11/h2-6,10H,7-9H2,1H3. The van der Waals surface area contributed by atoms with Gasteiger partial charge in [0.1, 0.15) is 0 Å². The number of hydrogen-bond donors (Lipinski definition) is 0. The van der Waals surface area contributed by atoms with Crippen LogP contribution in [0, 0.1) is 0 Å². The molecule has 88 valence electrons. The highest BCUT2D eigenvalue weighted by molar-refractivity contribution is 7.89. The molecule has 1 heterocycles. The van der Waals surface area contributed by atoms with Gasteiger partial charge in [-0.05, 0) is 18.6 Å². The van der Waals surface area contributed by atoms with Crippen molar-refractivity contribution < 1.29 is 13.2 Å². The van der Waals surface area contributed by atoms with Crippen LogP contribution in [0.15, 0.2) is 35.2 Å². The zero-order valence-corrected chi connectivity index (χ0v) is 9.98. The van der Waals surface area contributed by atoms with E-state index in [0.717, 1.165) is 6.42 Å². The van der Waals surface area contributed by atoms with Crippen LogP contribution in [0.5, 0.6) is 0 Å². The second-order valence-electron chi connectivity index (χ2n) is 3.82. The van der Waals surface area contributed by atoms with Crippen LogP contribution in [0.4, 0.5) is 0 Å². The van der Waals surface area contributed by atoms with Gasteiger partial charge in [-0.3, -0.25) is 0 Å². The molecule has 16 heavy (non-hydrogen) atoms. The van der Waals surface area contributed by atoms with Crippen molar-refractivity contribution in [2.24, 2.45) is 0 Å². The third-order valence-electron chi connectivity index (χ3n) is 2.82. The van der Waals surface area contributed by atoms with E-state index in [1.807, 2.05) is 0 Å². The Hall–Kier alpha value is -0.910. The maximum atomic E-state index is 12.2. The molecule has 2 rings (SSSR count). The first-order valence-corrected chi connectivity index (χ1v) is 6.66. The number of sulfonamides is 1. The Kier molecular flexibility index (Phi) is 3.28. The minimum Gasteiger partial charge on any atom is -0.380 e. The number of hydrogen-bond acceptors (Lipinski definition) is 3. The highest BCUT2D eigenvalue weighted by Gasteiger charge is 2.32. The van der Waals surface area contributed by atoms with Gasteiger partial charge in [0.05, 0.1) is 11.0 Å². The van der Waals surface area contributed by atoms with E-state index < -0.39 is 10.0 Å². The molecule has 0 aromatic heterocycles. The van der Waals surface area contributed by atoms with Crippen LogP contribution in [0.25, 0.3) is 0 Å². The number of ether oxygens (including phenoxy) is 1. The van der Waals surface area contributed by atoms with Gasteiger partial charge >= 0.3 is 0 Å². The van der Waals surface area contributed by atoms with E-state index in [-0.39, 0.29) is 6.10 Å². The molecule has 1 saturated heterocycles. The van der Waals surface area contributed by atoms with Crippen molar-refractivity contribution in [3.63, 3.8) is 0 Å². The molecule has 0 bridgehead atoms. The fourth-order valence-electron chi connectivity index (χ4n) is 1.85. The summed E-state index contributed by atoms with van der Waals surface area (Å²) in [7, 11) is -1.71. The van der Waals surface area contributed by atoms with E-state index in [1.165, 1.54) is 4.31 Å². The number of rotatable bonds is 3. The summed E-state index contributed by atoms with van der Waals surface area (Å²) in [6, 6.07) is 8.51. The van der Waals surface area contributed by atoms with Crippen LogP contribution in [-0.4, -0.2) is 39.0 Å². The van der Waals surface area contributed by atoms with Gasteiger partial charge in [-0.25, -0.2) is 8.42 Å². The van der Waals surface area contributed by atoms with Crippen LogP contribution in [0.1, 0.15) is 6.42 Å². The maximum absolute atomic E-state index is 12.2. The molecular weight excluding hydrogens is 226 g/mol. The predicted molar refractivity (Wildman–Crippen MR) is 60.6 cm³/mol. The van der Waals surface area contributed by atoms with Crippen molar-refractivity contribution in [1.29, 1.82) is 0 Å². The first-order valence-electron chi connectivity index (χ1n) is 5.22. The molecule has 1 unspecified atom stereocenters. The van der Waals surface area contributed by atoms with Crippen LogP contribution in [-0.2, 0) is 14.8 Å². The van der Waals surface area contributed by atoms with Crippen LogP contribution < -0.4 is 0 Å². The lowest BCUT2D eigenvalue weighted by atomic mass is 10.3. The van der Waals surface area contributed by atoms with E-state index in [9.17, 15) is 8.42 Å². The topological polar surface area (TPSA) is 46.6 Å². The second kappa shape index (κ2) is 4.53. The summed E-state index contributed by atoms with van der Waals surface area (Å²) in [6.07, 6.45) is 0.793. The molecule has 4 nitrogen and oxygen atoms in total. The molecule has 1 fully saturated rings. The van der Waals surface area contributed by atoms with E-state index in [0.29, 0.717) is 18.0 Å². The van der Waals surface area contributed by atoms with Gasteiger partial charge in [0, 0.05) is 20.2 Å². The number of methoxy groups -OCH3 is 1. The fraction of sp³-hybridized carbons (Fsp3) is 0.455. The summed E-state index contributed by atoms with van der Waals surface area (Å²) in [5, 5.41) is 0.